The second kappa shape index (κ2) is 45.4. The molecule has 3 aliphatic carbocycles. The number of amides is 4. The van der Waals surface area contributed by atoms with Gasteiger partial charge in [-0.3, -0.25) is 39.1 Å². The van der Waals surface area contributed by atoms with Crippen LogP contribution < -0.4 is 56.0 Å². The van der Waals surface area contributed by atoms with Gasteiger partial charge in [-0.25, -0.2) is 43.2 Å². The number of rotatable bonds is 21. The maximum absolute atomic E-state index is 13.2. The van der Waals surface area contributed by atoms with E-state index in [0.29, 0.717) is 118 Å². The number of anilines is 2. The number of carbonyl (C=O) groups is 4. The number of aliphatic hydroxyl groups excluding tert-OH is 1. The van der Waals surface area contributed by atoms with Crippen molar-refractivity contribution in [2.75, 3.05) is 98.8 Å². The number of hydrogen-bond acceptors (Lipinski definition) is 18. The van der Waals surface area contributed by atoms with Crippen LogP contribution in [0.2, 0.25) is 5.02 Å². The Morgan fingerprint density at radius 3 is 1.26 bits per heavy atom. The van der Waals surface area contributed by atoms with E-state index in [4.69, 9.17) is 37.4 Å². The van der Waals surface area contributed by atoms with Gasteiger partial charge in [-0.05, 0) is 237 Å². The number of carbonyl (C=O) groups excluding carboxylic acids is 4. The Bertz CT molecular complexity index is 4410. The number of thioether (sulfide) groups is 2. The molecule has 14 rings (SSSR count). The molecule has 3 saturated carbocycles. The molecule has 8 aliphatic heterocycles. The molecule has 8 heterocycles. The molecular formula is C85H130ClIN13O11PdS5-. The van der Waals surface area contributed by atoms with Crippen molar-refractivity contribution >= 4 is 128 Å². The minimum Gasteiger partial charge on any atom is -1.00 e. The number of benzene rings is 3. The van der Waals surface area contributed by atoms with Gasteiger partial charge in [0.25, 0.3) is 17.7 Å². The van der Waals surface area contributed by atoms with Crippen molar-refractivity contribution in [1.82, 2.24) is 28.9 Å². The molecule has 24 nitrogen and oxygen atoms in total. The number of nitrogens with zero attached hydrogens (tertiary/aromatic N) is 7. The van der Waals surface area contributed by atoms with Gasteiger partial charge in [0.1, 0.15) is 34.1 Å². The quantitative estimate of drug-likeness (QED) is 0.0231. The van der Waals surface area contributed by atoms with Crippen LogP contribution in [0.5, 0.6) is 0 Å². The molecule has 4 amide bonds. The second-order valence-electron chi connectivity index (χ2n) is 33.0. The third-order valence-electron chi connectivity index (χ3n) is 25.5. The Kier molecular flexibility index (Phi) is 38.8. The van der Waals surface area contributed by atoms with Crippen molar-refractivity contribution in [3.05, 3.63) is 99.9 Å². The largest absolute Gasteiger partial charge is 1.00 e. The molecule has 3 spiro atoms. The summed E-state index contributed by atoms with van der Waals surface area (Å²) in [5.41, 5.74) is 11.6. The zero-order valence-electron chi connectivity index (χ0n) is 70.5. The smallest absolute Gasteiger partial charge is 0.253 e. The number of amidine groups is 3. The number of nitrogen functional groups attached to an aromatic ring is 1. The molecule has 0 unspecified atom stereocenters. The molecule has 11 aliphatic rings. The van der Waals surface area contributed by atoms with Crippen LogP contribution in [0.25, 0.3) is 0 Å². The van der Waals surface area contributed by atoms with Gasteiger partial charge in [0, 0.05) is 122 Å². The molecule has 3 saturated heterocycles. The fourth-order valence-corrected chi connectivity index (χ4v) is 24.1. The van der Waals surface area contributed by atoms with Gasteiger partial charge in [-0.2, -0.15) is 0 Å². The molecule has 656 valence electrons. The van der Waals surface area contributed by atoms with E-state index in [1.165, 1.54) is 94.7 Å². The van der Waals surface area contributed by atoms with Crippen LogP contribution in [0.15, 0.2) is 68.5 Å². The monoisotopic (exact) mass is 1940 g/mol. The Labute approximate surface area is 742 Å². The summed E-state index contributed by atoms with van der Waals surface area (Å²) >= 11 is 10.1. The first-order chi connectivity index (χ1) is 54.3. The Hall–Kier alpha value is -4.24. The number of nitrogens with one attached hydrogen (secondary N) is 5. The maximum Gasteiger partial charge on any atom is 0.253 e. The molecular weight excluding hydrogens is 1810 g/mol. The second-order valence-corrected chi connectivity index (χ2v) is 42.1. The summed E-state index contributed by atoms with van der Waals surface area (Å²) in [7, 11) is -10.3. The predicted molar refractivity (Wildman–Crippen MR) is 471 cm³/mol. The molecule has 8 N–H and O–H groups in total. The van der Waals surface area contributed by atoms with Gasteiger partial charge in [0.2, 0.25) is 41.0 Å². The average molecular weight is 1940 g/mol. The number of aliphatic imine (C=N–C) groups is 4. The number of sulfonamides is 3. The zero-order chi connectivity index (χ0) is 82.2. The van der Waals surface area contributed by atoms with E-state index in [1.807, 2.05) is 55.6 Å². The predicted octanol–water partition coefficient (Wildman–Crippen LogP) is 7.90. The third-order valence-corrected chi connectivity index (χ3v) is 33.6. The molecule has 3 aromatic rings. The van der Waals surface area contributed by atoms with E-state index < -0.39 is 46.7 Å². The topological polar surface area (TPSA) is 338 Å². The van der Waals surface area contributed by atoms with Crippen molar-refractivity contribution < 1.29 is 98.9 Å². The van der Waals surface area contributed by atoms with E-state index in [2.05, 4.69) is 84.1 Å². The summed E-state index contributed by atoms with van der Waals surface area (Å²) in [6.45, 7) is 22.0. The summed E-state index contributed by atoms with van der Waals surface area (Å²) < 4.78 is 83.2. The number of aryl methyl sites for hydroxylation is 5. The van der Waals surface area contributed by atoms with Gasteiger partial charge >= 0.3 is 0 Å². The Morgan fingerprint density at radius 1 is 0.573 bits per heavy atom. The Balaban J connectivity index is 0.000000227. The fourth-order valence-electron chi connectivity index (χ4n) is 17.8. The molecule has 0 bridgehead atoms. The fraction of sp³-hybridized carbons (Fsp3) is 0.671. The molecule has 117 heavy (non-hydrogen) atoms. The van der Waals surface area contributed by atoms with E-state index in [0.717, 1.165) is 132 Å². The first kappa shape index (κ1) is 99.9. The van der Waals surface area contributed by atoms with E-state index in [9.17, 15) is 44.4 Å². The Morgan fingerprint density at radius 2 is 0.940 bits per heavy atom. The van der Waals surface area contributed by atoms with E-state index in [-0.39, 0.29) is 112 Å². The molecule has 0 radical (unpaired) electrons. The number of piperidine rings is 3. The third kappa shape index (κ3) is 26.4. The van der Waals surface area contributed by atoms with Crippen LogP contribution in [-0.2, 0) is 95.4 Å². The summed E-state index contributed by atoms with van der Waals surface area (Å²) in [5, 5.41) is 22.4. The first-order valence-electron chi connectivity index (χ1n) is 42.0. The van der Waals surface area contributed by atoms with Gasteiger partial charge in [0.05, 0.1) is 38.8 Å². The SMILES string of the molecule is CC1=[NH+]CCS1.CCC1CCC(C2=NC3(CCN(S(=O)(=O)CCc4ccc(CC5=NCCS5)cc4C)CC3)C(=O)N2)CC1.CCC1CCC(C2=NC3(CCN(S(=O)(=O)CCc4ccc(N)cc4C)CC3)C(=O)N2)CC1.CCC1CCC(C2=NC3(CCN(S(=O)(=O)CCc4ccc(NC(C)=O)c(Cl)c4C)CC3)C(=O)N2)CC1.CCO.[CH3-].[I-].[Pd]. The van der Waals surface area contributed by atoms with Crippen LogP contribution in [0, 0.1) is 63.7 Å². The first-order valence-corrected chi connectivity index (χ1v) is 49.2. The van der Waals surface area contributed by atoms with Crippen molar-refractivity contribution in [2.45, 2.75) is 239 Å². The number of halogens is 2. The standard InChI is InChI=1S/C28H40N4O3S2.C26H37ClN4O4S.C24H36N4O3S.C4H7NS.C2H6O.CH3.HI.Pd/c1-3-21-4-8-24(9-5-21)26-30-27(33)28(31-26)11-14-32(15-12-28)37(34,35)17-10-23-7-6-22(18-20(23)2)19-25-29-13-16-36-25;1-4-19-5-7-21(8-6-19)24-29-25(33)26(30-24)12-14-31(15-13-26)36(34,35)16-11-20-9-10-22(28-18(3)32)23(27)17(20)2;1-3-18-4-6-20(7-5-18)22-26-23(29)24(27-22)11-13-28(14-12-24)32(30,31)15-10-19-8-9-21(25)16-17(19)2;1-4-5-2-3-6-4;1-2-3;;;/h6-7,18,21,24H,3-5,8-17,19H2,1-2H3,(H,30,31,33);9-10,19,21H,4-8,11-16H2,1-3H3,(H,28,32)(H,29,30,33);8-9,16,18,20H,3-7,10-15,25H2,1-2H3,(H,26,27,29);2-3H2,1H3;3H,2H2,1H3;1H3;1H;/q;;;;;-1;;. The zero-order valence-corrected chi connectivity index (χ0v) is 79.1. The maximum atomic E-state index is 13.2. The van der Waals surface area contributed by atoms with Gasteiger partial charge in [-0.1, -0.05) is 93.7 Å². The van der Waals surface area contributed by atoms with Crippen molar-refractivity contribution in [1.29, 1.82) is 0 Å². The van der Waals surface area contributed by atoms with Crippen LogP contribution in [0.4, 0.5) is 11.4 Å². The van der Waals surface area contributed by atoms with Gasteiger partial charge < -0.3 is 63.5 Å². The number of nitrogens with two attached hydrogens (primary N) is 1. The molecule has 32 heteroatoms. The van der Waals surface area contributed by atoms with Crippen LogP contribution in [0.1, 0.15) is 215 Å². The van der Waals surface area contributed by atoms with Crippen molar-refractivity contribution in [2.24, 2.45) is 55.5 Å². The van der Waals surface area contributed by atoms with Gasteiger partial charge in [0.15, 0.2) is 6.54 Å². The molecule has 3 aromatic carbocycles. The summed E-state index contributed by atoms with van der Waals surface area (Å²) in [6, 6.07) is 15.4. The average Bonchev–Trinajstić information content (AvgIpc) is 1.59. The minimum atomic E-state index is -3.51. The van der Waals surface area contributed by atoms with Crippen molar-refractivity contribution in [3.8, 4) is 0 Å². The molecule has 0 aromatic heterocycles. The molecule has 0 atom stereocenters. The van der Waals surface area contributed by atoms with Crippen molar-refractivity contribution in [3.63, 3.8) is 0 Å². The summed E-state index contributed by atoms with van der Waals surface area (Å²) in [6.07, 6.45) is 22.0. The molecule has 6 fully saturated rings. The normalized spacial score (nSPS) is 24.2. The summed E-state index contributed by atoms with van der Waals surface area (Å²) in [4.78, 5) is 72.5. The van der Waals surface area contributed by atoms with Crippen LogP contribution in [0.3, 0.4) is 0 Å². The van der Waals surface area contributed by atoms with Crippen LogP contribution >= 0.6 is 35.1 Å². The van der Waals surface area contributed by atoms with Crippen LogP contribution in [-0.4, -0.2) is 199 Å². The number of hydrogen-bond donors (Lipinski definition) is 7. The minimum absolute atomic E-state index is 0. The summed E-state index contributed by atoms with van der Waals surface area (Å²) in [5.74, 6) is 7.94. The van der Waals surface area contributed by atoms with E-state index in [1.54, 1.807) is 23.4 Å². The number of aliphatic hydroxyl groups is 1. The van der Waals surface area contributed by atoms with E-state index >= 15 is 0 Å². The van der Waals surface area contributed by atoms with Gasteiger partial charge in [-0.15, -0.1) is 11.8 Å².